The summed E-state index contributed by atoms with van der Waals surface area (Å²) in [6, 6.07) is 16.5. The van der Waals surface area contributed by atoms with E-state index in [0.29, 0.717) is 35.7 Å². The fourth-order valence-corrected chi connectivity index (χ4v) is 4.33. The Bertz CT molecular complexity index is 1600. The van der Waals surface area contributed by atoms with Crippen LogP contribution in [0.1, 0.15) is 41.8 Å². The number of nitrogens with zero attached hydrogens (tertiary/aromatic N) is 4. The number of rotatable bonds is 8. The molecule has 0 aliphatic carbocycles. The van der Waals surface area contributed by atoms with Crippen molar-refractivity contribution in [2.24, 2.45) is 4.99 Å². The van der Waals surface area contributed by atoms with E-state index >= 15 is 4.39 Å². The maximum absolute atomic E-state index is 15.1. The highest BCUT2D eigenvalue weighted by atomic mass is 19.1. The number of carbonyl (C=O) groups excluding carboxylic acids is 2. The minimum atomic E-state index is -1.41. The zero-order valence-electron chi connectivity index (χ0n) is 21.9. The van der Waals surface area contributed by atoms with Gasteiger partial charge in [-0.1, -0.05) is 49.4 Å². The lowest BCUT2D eigenvalue weighted by Crippen LogP contribution is -2.42. The highest BCUT2D eigenvalue weighted by Gasteiger charge is 2.30. The van der Waals surface area contributed by atoms with E-state index in [-0.39, 0.29) is 22.5 Å². The van der Waals surface area contributed by atoms with Crippen LogP contribution in [-0.4, -0.2) is 45.0 Å². The molecule has 2 amide bonds. The molecule has 204 valence electrons. The maximum Gasteiger partial charge on any atom is 0.269 e. The lowest BCUT2D eigenvalue weighted by Gasteiger charge is -2.13. The molecule has 0 radical (unpaired) electrons. The highest BCUT2D eigenvalue weighted by Crippen LogP contribution is 2.28. The number of aromatic nitrogens is 3. The number of para-hydroxylation sites is 1. The standard InChI is InChI=1S/C29H27F2N7O2/c1-3-15-32-22-14-13-19(26(31)33-22)24-20(16-38(4-2)37-24)28(39)36-27-29(40)35-25-18(11-8-12-21(25)30)23(34-27)17-9-6-5-7-10-17/h5-14,16,27H,3-4,15H2,1-2H3,(H,32,33)(H,35,40)(H,36,39)/t27-/m1/s1. The van der Waals surface area contributed by atoms with E-state index in [4.69, 9.17) is 0 Å². The molecule has 11 heteroatoms. The fraction of sp³-hybridized carbons (Fsp3) is 0.207. The predicted molar refractivity (Wildman–Crippen MR) is 148 cm³/mol. The predicted octanol–water partition coefficient (Wildman–Crippen LogP) is 4.61. The number of pyridine rings is 1. The molecular formula is C29H27F2N7O2. The van der Waals surface area contributed by atoms with Gasteiger partial charge in [0.15, 0.2) is 0 Å². The van der Waals surface area contributed by atoms with Gasteiger partial charge in [-0.05, 0) is 31.5 Å². The molecule has 0 saturated heterocycles. The molecule has 1 aliphatic rings. The second-order valence-corrected chi connectivity index (χ2v) is 9.08. The minimum absolute atomic E-state index is 0.0312. The van der Waals surface area contributed by atoms with Gasteiger partial charge in [-0.3, -0.25) is 14.3 Å². The van der Waals surface area contributed by atoms with E-state index in [1.165, 1.54) is 29.1 Å². The van der Waals surface area contributed by atoms with Gasteiger partial charge in [0.25, 0.3) is 11.8 Å². The summed E-state index contributed by atoms with van der Waals surface area (Å²) in [6.07, 6.45) is 0.908. The Morgan fingerprint density at radius 3 is 2.55 bits per heavy atom. The molecule has 3 heterocycles. The van der Waals surface area contributed by atoms with Crippen LogP contribution in [-0.2, 0) is 11.3 Å². The number of anilines is 2. The monoisotopic (exact) mass is 543 g/mol. The molecule has 0 bridgehead atoms. The first-order valence-electron chi connectivity index (χ1n) is 12.9. The molecule has 0 fully saturated rings. The van der Waals surface area contributed by atoms with Gasteiger partial charge >= 0.3 is 0 Å². The number of nitrogens with one attached hydrogen (secondary N) is 3. The van der Waals surface area contributed by atoms with Gasteiger partial charge in [-0.2, -0.15) is 9.49 Å². The molecule has 2 aromatic carbocycles. The van der Waals surface area contributed by atoms with E-state index in [1.807, 2.05) is 19.9 Å². The van der Waals surface area contributed by atoms with Crippen molar-refractivity contribution >= 4 is 29.0 Å². The normalized spacial score (nSPS) is 14.6. The largest absolute Gasteiger partial charge is 0.370 e. The number of carbonyl (C=O) groups is 2. The van der Waals surface area contributed by atoms with Crippen molar-refractivity contribution in [2.75, 3.05) is 17.2 Å². The third kappa shape index (κ3) is 5.31. The van der Waals surface area contributed by atoms with Crippen LogP contribution in [0.15, 0.2) is 71.9 Å². The summed E-state index contributed by atoms with van der Waals surface area (Å²) >= 11 is 0. The molecule has 9 nitrogen and oxygen atoms in total. The fourth-order valence-electron chi connectivity index (χ4n) is 4.33. The molecule has 1 aliphatic heterocycles. The Morgan fingerprint density at radius 1 is 1.02 bits per heavy atom. The molecule has 0 saturated carbocycles. The van der Waals surface area contributed by atoms with E-state index in [9.17, 15) is 14.0 Å². The van der Waals surface area contributed by atoms with Crippen LogP contribution in [0.4, 0.5) is 20.3 Å². The van der Waals surface area contributed by atoms with Gasteiger partial charge in [0, 0.05) is 30.4 Å². The van der Waals surface area contributed by atoms with Crippen LogP contribution in [0.3, 0.4) is 0 Å². The van der Waals surface area contributed by atoms with Gasteiger partial charge in [0.05, 0.1) is 22.5 Å². The van der Waals surface area contributed by atoms with Crippen LogP contribution in [0, 0.1) is 11.8 Å². The number of hydrogen-bond donors (Lipinski definition) is 3. The molecule has 0 spiro atoms. The van der Waals surface area contributed by atoms with Gasteiger partial charge < -0.3 is 16.0 Å². The van der Waals surface area contributed by atoms with E-state index in [1.54, 1.807) is 36.4 Å². The molecule has 5 rings (SSSR count). The summed E-state index contributed by atoms with van der Waals surface area (Å²) < 4.78 is 31.3. The van der Waals surface area contributed by atoms with Crippen molar-refractivity contribution in [3.05, 3.63) is 95.3 Å². The average molecular weight is 544 g/mol. The van der Waals surface area contributed by atoms with Crippen LogP contribution in [0.5, 0.6) is 0 Å². The van der Waals surface area contributed by atoms with Crippen LogP contribution in [0.25, 0.3) is 11.3 Å². The molecule has 1 atom stereocenters. The number of aryl methyl sites for hydroxylation is 1. The summed E-state index contributed by atoms with van der Waals surface area (Å²) in [5.41, 5.74) is 1.45. The number of aliphatic imine (C=N–C) groups is 1. The first kappa shape index (κ1) is 26.7. The van der Waals surface area contributed by atoms with Crippen molar-refractivity contribution in [3.63, 3.8) is 0 Å². The quantitative estimate of drug-likeness (QED) is 0.281. The van der Waals surface area contributed by atoms with Crippen molar-refractivity contribution in [3.8, 4) is 11.3 Å². The zero-order chi connectivity index (χ0) is 28.2. The Morgan fingerprint density at radius 2 is 1.82 bits per heavy atom. The average Bonchev–Trinajstić information content (AvgIpc) is 3.34. The lowest BCUT2D eigenvalue weighted by molar-refractivity contribution is -0.117. The summed E-state index contributed by atoms with van der Waals surface area (Å²) in [7, 11) is 0. The van der Waals surface area contributed by atoms with Crippen molar-refractivity contribution < 1.29 is 18.4 Å². The SMILES string of the molecule is CCCNc1ccc(-c2nn(CC)cc2C(=O)N[C@H]2N=C(c3ccccc3)c3cccc(F)c3NC2=O)c(F)n1. The molecule has 3 N–H and O–H groups in total. The van der Waals surface area contributed by atoms with Gasteiger partial charge in [-0.25, -0.2) is 14.4 Å². The van der Waals surface area contributed by atoms with E-state index in [0.717, 1.165) is 6.42 Å². The van der Waals surface area contributed by atoms with E-state index < -0.39 is 29.7 Å². The Kier molecular flexibility index (Phi) is 7.63. The number of benzene rings is 2. The molecule has 4 aromatic rings. The first-order chi connectivity index (χ1) is 19.4. The van der Waals surface area contributed by atoms with Gasteiger partial charge in [-0.15, -0.1) is 0 Å². The highest BCUT2D eigenvalue weighted by molar-refractivity contribution is 6.20. The Balaban J connectivity index is 1.51. The molecular weight excluding hydrogens is 516 g/mol. The molecule has 0 unspecified atom stereocenters. The first-order valence-corrected chi connectivity index (χ1v) is 12.9. The number of benzodiazepines with no additional fused rings is 1. The van der Waals surface area contributed by atoms with Crippen molar-refractivity contribution in [1.82, 2.24) is 20.1 Å². The van der Waals surface area contributed by atoms with Crippen LogP contribution >= 0.6 is 0 Å². The zero-order valence-corrected chi connectivity index (χ0v) is 21.9. The minimum Gasteiger partial charge on any atom is -0.370 e. The maximum atomic E-state index is 15.1. The third-order valence-electron chi connectivity index (χ3n) is 6.33. The summed E-state index contributed by atoms with van der Waals surface area (Å²) in [4.78, 5) is 35.2. The van der Waals surface area contributed by atoms with Crippen LogP contribution in [0.2, 0.25) is 0 Å². The topological polar surface area (TPSA) is 113 Å². The summed E-state index contributed by atoms with van der Waals surface area (Å²) in [5.74, 6) is -2.49. The molecule has 2 aromatic heterocycles. The summed E-state index contributed by atoms with van der Waals surface area (Å²) in [5, 5.41) is 12.6. The molecule has 40 heavy (non-hydrogen) atoms. The van der Waals surface area contributed by atoms with E-state index in [2.05, 4.69) is 31.0 Å². The number of halogens is 2. The third-order valence-corrected chi connectivity index (χ3v) is 6.33. The van der Waals surface area contributed by atoms with Gasteiger partial charge in [0.2, 0.25) is 12.1 Å². The van der Waals surface area contributed by atoms with Crippen molar-refractivity contribution in [2.45, 2.75) is 33.0 Å². The number of amides is 2. The van der Waals surface area contributed by atoms with Crippen LogP contribution < -0.4 is 16.0 Å². The Labute approximate surface area is 229 Å². The van der Waals surface area contributed by atoms with Gasteiger partial charge in [0.1, 0.15) is 17.3 Å². The number of hydrogen-bond acceptors (Lipinski definition) is 6. The van der Waals surface area contributed by atoms with Crippen molar-refractivity contribution in [1.29, 1.82) is 0 Å². The lowest BCUT2D eigenvalue weighted by atomic mass is 10.0. The second-order valence-electron chi connectivity index (χ2n) is 9.08. The number of fused-ring (bicyclic) bond motifs is 1. The second kappa shape index (κ2) is 11.4. The smallest absolute Gasteiger partial charge is 0.269 e. The Hall–Kier alpha value is -4.93. The summed E-state index contributed by atoms with van der Waals surface area (Å²) in [6.45, 7) is 4.86.